The van der Waals surface area contributed by atoms with Gasteiger partial charge in [0.05, 0.1) is 0 Å². The van der Waals surface area contributed by atoms with Gasteiger partial charge in [-0.3, -0.25) is 0 Å². The zero-order chi connectivity index (χ0) is 38.9. The van der Waals surface area contributed by atoms with E-state index >= 15 is 0 Å². The maximum Gasteiger partial charge on any atom is 0.252 e. The summed E-state index contributed by atoms with van der Waals surface area (Å²) in [5, 5.41) is 5.55. The number of benzene rings is 9. The van der Waals surface area contributed by atoms with E-state index in [0.717, 1.165) is 22.7 Å². The molecule has 9 aromatic carbocycles. The highest BCUT2D eigenvalue weighted by molar-refractivity contribution is 7.22. The Hall–Kier alpha value is -7.34. The number of anilines is 9. The Bertz CT molecular complexity index is 2940. The standard InChI is InChI=1S/C54H38BN3Si/c1-6-20-39(21-7-1)56(40-22-8-2-9-23-40)42-36-37-48-52(38-42)59(43-26-12-4-13-27-43,44-28-14-5-15-29-44)51-35-18-31-46-54(51)58(48)50-34-19-33-49-53(50)55(46)45-30-16-17-32-47(45)57(49)41-24-10-3-11-25-41/h1-38H. The molecule has 0 bridgehead atoms. The summed E-state index contributed by atoms with van der Waals surface area (Å²) in [6.07, 6.45) is 0. The Balaban J connectivity index is 1.21. The van der Waals surface area contributed by atoms with Crippen LogP contribution < -0.4 is 51.8 Å². The molecule has 0 N–H and O–H groups in total. The summed E-state index contributed by atoms with van der Waals surface area (Å²) in [7, 11) is -3.01. The van der Waals surface area contributed by atoms with Gasteiger partial charge < -0.3 is 14.7 Å². The first-order valence-corrected chi connectivity index (χ1v) is 22.5. The molecule has 3 aliphatic rings. The SMILES string of the molecule is c1ccc(N(c2ccccc2)c2ccc3c(c2)[Si](c2ccccc2)(c2ccccc2)c2cccc4c2N3c2cccc3c2B4c2ccccc2N3c2ccccc2)cc1. The fourth-order valence-electron chi connectivity index (χ4n) is 10.4. The number of hydrogen-bond donors (Lipinski definition) is 0. The van der Waals surface area contributed by atoms with Gasteiger partial charge in [0.15, 0.2) is 8.07 Å². The van der Waals surface area contributed by atoms with Gasteiger partial charge in [0.1, 0.15) is 0 Å². The van der Waals surface area contributed by atoms with Crippen molar-refractivity contribution >= 4 is 103 Å². The Kier molecular flexibility index (Phi) is 7.65. The van der Waals surface area contributed by atoms with Crippen LogP contribution in [0.5, 0.6) is 0 Å². The number of hydrogen-bond acceptors (Lipinski definition) is 3. The summed E-state index contributed by atoms with van der Waals surface area (Å²) >= 11 is 0. The molecule has 0 saturated heterocycles. The van der Waals surface area contributed by atoms with Crippen molar-refractivity contribution in [3.63, 3.8) is 0 Å². The topological polar surface area (TPSA) is 9.72 Å². The van der Waals surface area contributed by atoms with Crippen LogP contribution in [0.25, 0.3) is 0 Å². The van der Waals surface area contributed by atoms with Gasteiger partial charge >= 0.3 is 0 Å². The first kappa shape index (κ1) is 33.8. The molecule has 276 valence electrons. The van der Waals surface area contributed by atoms with Gasteiger partial charge in [-0.15, -0.1) is 0 Å². The second-order valence-corrected chi connectivity index (χ2v) is 19.4. The maximum absolute atomic E-state index is 3.01. The van der Waals surface area contributed by atoms with Crippen LogP contribution in [0.4, 0.5) is 51.2 Å². The highest BCUT2D eigenvalue weighted by Crippen LogP contribution is 2.46. The molecule has 3 heterocycles. The van der Waals surface area contributed by atoms with Crippen molar-refractivity contribution in [2.24, 2.45) is 0 Å². The lowest BCUT2D eigenvalue weighted by atomic mass is 9.33. The molecule has 5 heteroatoms. The monoisotopic (exact) mass is 767 g/mol. The molecule has 0 radical (unpaired) electrons. The van der Waals surface area contributed by atoms with Crippen molar-refractivity contribution in [3.8, 4) is 0 Å². The van der Waals surface area contributed by atoms with Gasteiger partial charge in [-0.05, 0) is 110 Å². The van der Waals surface area contributed by atoms with Crippen molar-refractivity contribution in [2.45, 2.75) is 0 Å². The van der Waals surface area contributed by atoms with E-state index in [9.17, 15) is 0 Å². The van der Waals surface area contributed by atoms with Crippen LogP contribution in [-0.4, -0.2) is 14.8 Å². The molecule has 9 aromatic rings. The second-order valence-electron chi connectivity index (χ2n) is 15.6. The maximum atomic E-state index is 2.63. The van der Waals surface area contributed by atoms with E-state index in [-0.39, 0.29) is 6.71 Å². The minimum Gasteiger partial charge on any atom is -0.312 e. The lowest BCUT2D eigenvalue weighted by Crippen LogP contribution is -2.79. The van der Waals surface area contributed by atoms with Crippen LogP contribution in [0.3, 0.4) is 0 Å². The molecule has 0 aliphatic carbocycles. The Morgan fingerprint density at radius 1 is 0.356 bits per heavy atom. The molecule has 0 fully saturated rings. The Morgan fingerprint density at radius 2 is 0.864 bits per heavy atom. The van der Waals surface area contributed by atoms with Gasteiger partial charge in [0.2, 0.25) is 0 Å². The fraction of sp³-hybridized carbons (Fsp3) is 0. The predicted molar refractivity (Wildman–Crippen MR) is 252 cm³/mol. The molecule has 0 unspecified atom stereocenters. The first-order valence-electron chi connectivity index (χ1n) is 20.5. The van der Waals surface area contributed by atoms with Gasteiger partial charge in [0.25, 0.3) is 6.71 Å². The van der Waals surface area contributed by atoms with Gasteiger partial charge in [0, 0.05) is 51.2 Å². The van der Waals surface area contributed by atoms with Crippen LogP contribution in [0.1, 0.15) is 0 Å². The van der Waals surface area contributed by atoms with Gasteiger partial charge in [-0.1, -0.05) is 158 Å². The van der Waals surface area contributed by atoms with Crippen molar-refractivity contribution in [1.29, 1.82) is 0 Å². The molecule has 0 atom stereocenters. The number of fused-ring (bicyclic) bond motifs is 6. The summed E-state index contributed by atoms with van der Waals surface area (Å²) < 4.78 is 0. The second kappa shape index (κ2) is 13.4. The van der Waals surface area contributed by atoms with Crippen molar-refractivity contribution < 1.29 is 0 Å². The summed E-state index contributed by atoms with van der Waals surface area (Å²) in [5.74, 6) is 0. The number of rotatable bonds is 6. The van der Waals surface area contributed by atoms with E-state index in [4.69, 9.17) is 0 Å². The normalized spacial score (nSPS) is 13.8. The molecule has 59 heavy (non-hydrogen) atoms. The summed E-state index contributed by atoms with van der Waals surface area (Å²) in [6, 6.07) is 85.7. The number of para-hydroxylation sites is 5. The highest BCUT2D eigenvalue weighted by atomic mass is 28.3. The highest BCUT2D eigenvalue weighted by Gasteiger charge is 2.53. The van der Waals surface area contributed by atoms with Crippen molar-refractivity contribution in [2.75, 3.05) is 14.7 Å². The van der Waals surface area contributed by atoms with Crippen molar-refractivity contribution in [3.05, 3.63) is 231 Å². The number of nitrogens with zero attached hydrogens (tertiary/aromatic N) is 3. The molecule has 0 aromatic heterocycles. The summed E-state index contributed by atoms with van der Waals surface area (Å²) in [5.41, 5.74) is 14.9. The molecule has 0 saturated carbocycles. The van der Waals surface area contributed by atoms with E-state index < -0.39 is 8.07 Å². The van der Waals surface area contributed by atoms with Gasteiger partial charge in [-0.2, -0.15) is 0 Å². The molecule has 3 aliphatic heterocycles. The van der Waals surface area contributed by atoms with Crippen LogP contribution in [0.15, 0.2) is 231 Å². The molecule has 12 rings (SSSR count). The molecule has 0 spiro atoms. The third-order valence-electron chi connectivity index (χ3n) is 12.7. The zero-order valence-corrected chi connectivity index (χ0v) is 33.4. The van der Waals surface area contributed by atoms with E-state index in [2.05, 4.69) is 245 Å². The fourth-order valence-corrected chi connectivity index (χ4v) is 15.6. The minimum absolute atomic E-state index is 0.0642. The van der Waals surface area contributed by atoms with Crippen LogP contribution in [0.2, 0.25) is 0 Å². The zero-order valence-electron chi connectivity index (χ0n) is 32.4. The van der Waals surface area contributed by atoms with Crippen LogP contribution >= 0.6 is 0 Å². The quantitative estimate of drug-likeness (QED) is 0.157. The van der Waals surface area contributed by atoms with E-state index in [0.29, 0.717) is 0 Å². The average Bonchev–Trinajstić information content (AvgIpc) is 3.31. The predicted octanol–water partition coefficient (Wildman–Crippen LogP) is 8.93. The largest absolute Gasteiger partial charge is 0.312 e. The van der Waals surface area contributed by atoms with Crippen LogP contribution in [0, 0.1) is 0 Å². The van der Waals surface area contributed by atoms with Crippen molar-refractivity contribution in [1.82, 2.24) is 0 Å². The van der Waals surface area contributed by atoms with Gasteiger partial charge in [-0.25, -0.2) is 0 Å². The molecule has 0 amide bonds. The summed E-state index contributed by atoms with van der Waals surface area (Å²) in [6.45, 7) is 0.0642. The third kappa shape index (κ3) is 4.89. The van der Waals surface area contributed by atoms with Crippen LogP contribution in [-0.2, 0) is 0 Å². The van der Waals surface area contributed by atoms with E-state index in [1.807, 2.05) is 0 Å². The molecular weight excluding hydrogens is 730 g/mol. The summed E-state index contributed by atoms with van der Waals surface area (Å²) in [4.78, 5) is 7.51. The Labute approximate surface area is 346 Å². The smallest absolute Gasteiger partial charge is 0.252 e. The van der Waals surface area contributed by atoms with E-state index in [1.165, 1.54) is 65.6 Å². The lowest BCUT2D eigenvalue weighted by Gasteiger charge is -2.50. The molecular formula is C54H38BN3Si. The first-order chi connectivity index (χ1) is 29.3. The Morgan fingerprint density at radius 3 is 1.51 bits per heavy atom. The minimum atomic E-state index is -3.01. The average molecular weight is 768 g/mol. The third-order valence-corrected chi connectivity index (χ3v) is 17.5. The lowest BCUT2D eigenvalue weighted by molar-refractivity contribution is 1.25. The van der Waals surface area contributed by atoms with E-state index in [1.54, 1.807) is 0 Å². The molecule has 3 nitrogen and oxygen atoms in total.